The molecule has 0 aromatic heterocycles. The van der Waals surface area contributed by atoms with Gasteiger partial charge < -0.3 is 8.59 Å². The van der Waals surface area contributed by atoms with Crippen LogP contribution in [0.25, 0.3) is 0 Å². The zero-order chi connectivity index (χ0) is 5.98. The molecular formula is C3H9CaNO3P+. The molecule has 0 aromatic rings. The summed E-state index contributed by atoms with van der Waals surface area (Å²) in [6, 6.07) is 0. The number of hydrogen-bond acceptors (Lipinski definition) is 4. The van der Waals surface area contributed by atoms with Gasteiger partial charge in [0.05, 0.1) is 0 Å². The van der Waals surface area contributed by atoms with Crippen LogP contribution in [0.4, 0.5) is 0 Å². The summed E-state index contributed by atoms with van der Waals surface area (Å²) in [6.07, 6.45) is 0.230. The molecule has 2 unspecified atom stereocenters. The maximum atomic E-state index is 10.3. The monoisotopic (exact) mass is 178 g/mol. The Morgan fingerprint density at radius 1 is 1.78 bits per heavy atom. The molecule has 50 valence electrons. The molecule has 9 heavy (non-hydrogen) atoms. The van der Waals surface area contributed by atoms with Gasteiger partial charge in [-0.1, -0.05) is 0 Å². The molecule has 0 amide bonds. The van der Waals surface area contributed by atoms with E-state index in [9.17, 15) is 4.57 Å². The first-order valence-corrected chi connectivity index (χ1v) is 3.41. The Hall–Kier alpha value is 1.24. The molecule has 0 radical (unpaired) electrons. The SMILES string of the molecule is NC1CCO[P+](=O)O1.[Ca+2].[H-].[H-]. The third kappa shape index (κ3) is 3.83. The van der Waals surface area contributed by atoms with Gasteiger partial charge in [0.2, 0.25) is 0 Å². The van der Waals surface area contributed by atoms with E-state index < -0.39 is 14.5 Å². The van der Waals surface area contributed by atoms with Crippen LogP contribution in [-0.2, 0) is 13.6 Å². The van der Waals surface area contributed by atoms with Gasteiger partial charge in [-0.05, 0) is 0 Å². The van der Waals surface area contributed by atoms with Gasteiger partial charge in [0, 0.05) is 11.0 Å². The van der Waals surface area contributed by atoms with Crippen molar-refractivity contribution >= 4 is 46.0 Å². The first kappa shape index (κ1) is 10.2. The van der Waals surface area contributed by atoms with Crippen molar-refractivity contribution in [3.05, 3.63) is 0 Å². The van der Waals surface area contributed by atoms with Gasteiger partial charge in [0.25, 0.3) is 0 Å². The quantitative estimate of drug-likeness (QED) is 0.425. The van der Waals surface area contributed by atoms with Crippen molar-refractivity contribution in [2.24, 2.45) is 5.73 Å². The van der Waals surface area contributed by atoms with Gasteiger partial charge in [0.15, 0.2) is 6.23 Å². The van der Waals surface area contributed by atoms with Crippen LogP contribution in [0.15, 0.2) is 0 Å². The van der Waals surface area contributed by atoms with E-state index in [1.165, 1.54) is 0 Å². The van der Waals surface area contributed by atoms with Crippen molar-refractivity contribution < 1.29 is 16.5 Å². The fourth-order valence-corrected chi connectivity index (χ4v) is 1.08. The van der Waals surface area contributed by atoms with E-state index in [1.807, 2.05) is 0 Å². The molecule has 1 heterocycles. The molecule has 2 N–H and O–H groups in total. The maximum Gasteiger partial charge on any atom is 2.00 e. The van der Waals surface area contributed by atoms with Crippen molar-refractivity contribution in [3.8, 4) is 0 Å². The van der Waals surface area contributed by atoms with Gasteiger partial charge in [-0.2, -0.15) is 0 Å². The number of nitrogens with two attached hydrogens (primary N) is 1. The molecule has 0 aromatic carbocycles. The molecule has 1 saturated heterocycles. The number of hydrogen-bond donors (Lipinski definition) is 1. The van der Waals surface area contributed by atoms with Gasteiger partial charge in [-0.25, -0.2) is 0 Å². The molecule has 0 spiro atoms. The number of rotatable bonds is 0. The van der Waals surface area contributed by atoms with E-state index in [4.69, 9.17) is 5.73 Å². The van der Waals surface area contributed by atoms with Crippen molar-refractivity contribution in [1.29, 1.82) is 0 Å². The van der Waals surface area contributed by atoms with Crippen LogP contribution >= 0.6 is 8.25 Å². The Labute approximate surface area is 87.0 Å². The minimum absolute atomic E-state index is 0. The zero-order valence-corrected chi connectivity index (χ0v) is 8.05. The van der Waals surface area contributed by atoms with E-state index in [0.717, 1.165) is 0 Å². The summed E-state index contributed by atoms with van der Waals surface area (Å²) in [5.41, 5.74) is 5.24. The Bertz CT molecular complexity index is 119. The second kappa shape index (κ2) is 4.97. The molecule has 0 bridgehead atoms. The van der Waals surface area contributed by atoms with Crippen LogP contribution in [0.2, 0.25) is 0 Å². The van der Waals surface area contributed by atoms with Crippen LogP contribution in [-0.4, -0.2) is 50.6 Å². The van der Waals surface area contributed by atoms with Gasteiger partial charge in [0.1, 0.15) is 6.61 Å². The van der Waals surface area contributed by atoms with Crippen LogP contribution in [0.3, 0.4) is 0 Å². The predicted molar refractivity (Wildman–Crippen MR) is 35.2 cm³/mol. The average Bonchev–Trinajstić information content (AvgIpc) is 1.64. The van der Waals surface area contributed by atoms with Crippen molar-refractivity contribution in [2.75, 3.05) is 6.61 Å². The molecule has 4 nitrogen and oxygen atoms in total. The fraction of sp³-hybridized carbons (Fsp3) is 1.00. The molecule has 1 fully saturated rings. The first-order chi connectivity index (χ1) is 3.79. The molecule has 1 rings (SSSR count). The summed E-state index contributed by atoms with van der Waals surface area (Å²) >= 11 is 0. The Morgan fingerprint density at radius 2 is 2.44 bits per heavy atom. The topological polar surface area (TPSA) is 61.5 Å². The molecule has 1 aliphatic rings. The van der Waals surface area contributed by atoms with Crippen LogP contribution < -0.4 is 5.73 Å². The predicted octanol–water partition coefficient (Wildman–Crippen LogP) is 0.210. The second-order valence-electron chi connectivity index (χ2n) is 1.49. The first-order valence-electron chi connectivity index (χ1n) is 2.31. The minimum Gasteiger partial charge on any atom is -1.00 e. The third-order valence-electron chi connectivity index (χ3n) is 0.821. The molecule has 2 atom stereocenters. The van der Waals surface area contributed by atoms with Crippen molar-refractivity contribution in [1.82, 2.24) is 0 Å². The van der Waals surface area contributed by atoms with Crippen molar-refractivity contribution in [3.63, 3.8) is 0 Å². The van der Waals surface area contributed by atoms with E-state index >= 15 is 0 Å². The molecule has 1 aliphatic heterocycles. The van der Waals surface area contributed by atoms with E-state index in [2.05, 4.69) is 9.05 Å². The fourth-order valence-electron chi connectivity index (χ4n) is 0.437. The van der Waals surface area contributed by atoms with Crippen LogP contribution in [0.1, 0.15) is 9.27 Å². The molecule has 6 heteroatoms. The van der Waals surface area contributed by atoms with Crippen molar-refractivity contribution in [2.45, 2.75) is 12.6 Å². The minimum atomic E-state index is -1.91. The summed E-state index contributed by atoms with van der Waals surface area (Å²) < 4.78 is 19.4. The average molecular weight is 178 g/mol. The van der Waals surface area contributed by atoms with E-state index in [1.54, 1.807) is 0 Å². The Morgan fingerprint density at radius 3 is 2.78 bits per heavy atom. The van der Waals surface area contributed by atoms with Gasteiger partial charge in [-0.15, -0.1) is 9.05 Å². The maximum absolute atomic E-state index is 10.3. The van der Waals surface area contributed by atoms with Crippen LogP contribution in [0.5, 0.6) is 0 Å². The molecule has 0 aliphatic carbocycles. The Kier molecular flexibility index (Phi) is 5.65. The summed E-state index contributed by atoms with van der Waals surface area (Å²) in [7, 11) is -1.91. The summed E-state index contributed by atoms with van der Waals surface area (Å²) in [5.74, 6) is 0. The van der Waals surface area contributed by atoms with E-state index in [-0.39, 0.29) is 40.6 Å². The zero-order valence-electron chi connectivity index (χ0n) is 6.95. The standard InChI is InChI=1S/C3H7NO3P.Ca.2H/c4-3-1-2-6-8(5)7-3;;;/h3H,1-2,4H2;;;/q+1;+2;2*-1. The smallest absolute Gasteiger partial charge is 1.00 e. The summed E-state index contributed by atoms with van der Waals surface area (Å²) in [6.45, 7) is 0.441. The van der Waals surface area contributed by atoms with Gasteiger partial charge >= 0.3 is 46.0 Å². The molecular weight excluding hydrogens is 169 g/mol. The normalized spacial score (nSPS) is 31.2. The Balaban J connectivity index is -0.000000213. The summed E-state index contributed by atoms with van der Waals surface area (Å²) in [5, 5.41) is 0. The van der Waals surface area contributed by atoms with Gasteiger partial charge in [-0.3, -0.25) is 0 Å². The second-order valence-corrected chi connectivity index (χ2v) is 2.41. The third-order valence-corrected chi connectivity index (χ3v) is 1.66. The summed E-state index contributed by atoms with van der Waals surface area (Å²) in [4.78, 5) is 0. The molecule has 0 saturated carbocycles. The largest absolute Gasteiger partial charge is 2.00 e. The van der Waals surface area contributed by atoms with Crippen LogP contribution in [0, 0.1) is 0 Å². The van der Waals surface area contributed by atoms with E-state index in [0.29, 0.717) is 13.0 Å².